The zero-order chi connectivity index (χ0) is 28.2. The van der Waals surface area contributed by atoms with Crippen LogP contribution < -0.4 is 10.6 Å². The molecule has 214 valence electrons. The topological polar surface area (TPSA) is 132 Å². The van der Waals surface area contributed by atoms with Crippen LogP contribution in [0.25, 0.3) is 0 Å². The van der Waals surface area contributed by atoms with Gasteiger partial charge in [0.25, 0.3) is 11.8 Å². The van der Waals surface area contributed by atoms with Crippen LogP contribution in [0, 0.1) is 0 Å². The molecular formula is C29H35N3O8. The number of hydrogen-bond donors (Lipinski definition) is 2. The molecule has 2 aromatic carbocycles. The highest BCUT2D eigenvalue weighted by Gasteiger charge is 2.45. The molecule has 0 aliphatic carbocycles. The number of rotatable bonds is 17. The molecule has 40 heavy (non-hydrogen) atoms. The Balaban J connectivity index is 1.04. The summed E-state index contributed by atoms with van der Waals surface area (Å²) < 4.78 is 22.3. The van der Waals surface area contributed by atoms with Gasteiger partial charge in [0, 0.05) is 31.9 Å². The number of benzene rings is 2. The average Bonchev–Trinajstić information content (AvgIpc) is 3.21. The van der Waals surface area contributed by atoms with Crippen LogP contribution in [0.4, 0.5) is 5.69 Å². The lowest BCUT2D eigenvalue weighted by molar-refractivity contribution is -0.136. The van der Waals surface area contributed by atoms with Crippen molar-refractivity contribution in [2.75, 3.05) is 58.1 Å². The summed E-state index contributed by atoms with van der Waals surface area (Å²) in [5.41, 5.74) is 2.11. The van der Waals surface area contributed by atoms with Crippen LogP contribution in [0.2, 0.25) is 0 Å². The van der Waals surface area contributed by atoms with Gasteiger partial charge < -0.3 is 24.3 Å². The van der Waals surface area contributed by atoms with Crippen molar-refractivity contribution in [2.24, 2.45) is 0 Å². The van der Waals surface area contributed by atoms with Crippen LogP contribution in [-0.4, -0.2) is 87.4 Å². The summed E-state index contributed by atoms with van der Waals surface area (Å²) in [5.74, 6) is -2.12. The maximum Gasteiger partial charge on any atom is 0.264 e. The molecule has 0 saturated carbocycles. The molecule has 1 fully saturated rings. The Morgan fingerprint density at radius 3 is 2.23 bits per heavy atom. The van der Waals surface area contributed by atoms with E-state index in [1.54, 1.807) is 18.2 Å². The number of anilines is 1. The van der Waals surface area contributed by atoms with E-state index in [9.17, 15) is 19.2 Å². The number of hydrogen-bond acceptors (Lipinski definition) is 9. The summed E-state index contributed by atoms with van der Waals surface area (Å²) in [7, 11) is 0. The number of ether oxygens (including phenoxy) is 4. The van der Waals surface area contributed by atoms with Gasteiger partial charge in [0.1, 0.15) is 6.04 Å². The van der Waals surface area contributed by atoms with Crippen molar-refractivity contribution in [3.8, 4) is 0 Å². The molecule has 11 heteroatoms. The van der Waals surface area contributed by atoms with Crippen LogP contribution in [-0.2, 0) is 35.1 Å². The molecule has 0 radical (unpaired) electrons. The van der Waals surface area contributed by atoms with Gasteiger partial charge in [-0.25, -0.2) is 0 Å². The Hall–Kier alpha value is -3.64. The molecule has 1 unspecified atom stereocenters. The van der Waals surface area contributed by atoms with Crippen LogP contribution in [0.15, 0.2) is 48.5 Å². The van der Waals surface area contributed by atoms with Crippen molar-refractivity contribution < 1.29 is 38.1 Å². The maximum absolute atomic E-state index is 13.1. The standard InChI is InChI=1S/C29H35N3O8/c33-25-11-10-24(27(34)31-25)32-28(35)22-8-4-9-23(26(22)29(32)36)30-12-15-38-17-19-39-18-16-37-13-5-14-40-20-21-6-2-1-3-7-21/h1-4,6-9,24,30H,5,10-20H2,(H,31,33,34). The van der Waals surface area contributed by atoms with E-state index in [0.29, 0.717) is 65.1 Å². The number of imide groups is 2. The molecule has 1 saturated heterocycles. The summed E-state index contributed by atoms with van der Waals surface area (Å²) in [6.07, 6.45) is 1.02. The zero-order valence-electron chi connectivity index (χ0n) is 22.4. The molecule has 0 aromatic heterocycles. The van der Waals surface area contributed by atoms with E-state index in [2.05, 4.69) is 10.6 Å². The summed E-state index contributed by atoms with van der Waals surface area (Å²) in [6, 6.07) is 14.0. The number of piperidine rings is 1. The lowest BCUT2D eigenvalue weighted by Gasteiger charge is -2.27. The number of nitrogens with one attached hydrogen (secondary N) is 2. The molecule has 2 aliphatic heterocycles. The zero-order valence-corrected chi connectivity index (χ0v) is 22.4. The predicted molar refractivity (Wildman–Crippen MR) is 145 cm³/mol. The first kappa shape index (κ1) is 29.3. The Bertz CT molecular complexity index is 1170. The molecular weight excluding hydrogens is 518 g/mol. The van der Waals surface area contributed by atoms with Crippen LogP contribution in [0.3, 0.4) is 0 Å². The van der Waals surface area contributed by atoms with Crippen LogP contribution in [0.1, 0.15) is 45.5 Å². The van der Waals surface area contributed by atoms with Crippen molar-refractivity contribution >= 4 is 29.3 Å². The fourth-order valence-electron chi connectivity index (χ4n) is 4.49. The minimum atomic E-state index is -0.995. The Labute approximate surface area is 233 Å². The number of fused-ring (bicyclic) bond motifs is 1. The second-order valence-corrected chi connectivity index (χ2v) is 9.33. The van der Waals surface area contributed by atoms with Gasteiger partial charge in [-0.1, -0.05) is 36.4 Å². The largest absolute Gasteiger partial charge is 0.382 e. The fourth-order valence-corrected chi connectivity index (χ4v) is 4.49. The fraction of sp³-hybridized carbons (Fsp3) is 0.448. The minimum Gasteiger partial charge on any atom is -0.382 e. The average molecular weight is 554 g/mol. The van der Waals surface area contributed by atoms with Crippen molar-refractivity contribution in [3.05, 3.63) is 65.2 Å². The molecule has 4 amide bonds. The molecule has 2 aromatic rings. The third-order valence-corrected chi connectivity index (χ3v) is 6.46. The first-order chi connectivity index (χ1) is 19.6. The quantitative estimate of drug-likeness (QED) is 0.223. The molecule has 11 nitrogen and oxygen atoms in total. The molecule has 1 atom stereocenters. The summed E-state index contributed by atoms with van der Waals surface area (Å²) in [6.45, 7) is 4.45. The first-order valence-electron chi connectivity index (χ1n) is 13.5. The third kappa shape index (κ3) is 7.95. The molecule has 2 aliphatic rings. The lowest BCUT2D eigenvalue weighted by Crippen LogP contribution is -2.54. The van der Waals surface area contributed by atoms with Gasteiger partial charge in [-0.15, -0.1) is 0 Å². The van der Waals surface area contributed by atoms with E-state index >= 15 is 0 Å². The van der Waals surface area contributed by atoms with Crippen molar-refractivity contribution in [1.29, 1.82) is 0 Å². The lowest BCUT2D eigenvalue weighted by atomic mass is 10.0. The summed E-state index contributed by atoms with van der Waals surface area (Å²) in [4.78, 5) is 50.6. The van der Waals surface area contributed by atoms with Gasteiger partial charge in [-0.3, -0.25) is 29.4 Å². The van der Waals surface area contributed by atoms with Crippen LogP contribution in [0.5, 0.6) is 0 Å². The smallest absolute Gasteiger partial charge is 0.264 e. The normalized spacial score (nSPS) is 16.8. The van der Waals surface area contributed by atoms with Crippen molar-refractivity contribution in [3.63, 3.8) is 0 Å². The summed E-state index contributed by atoms with van der Waals surface area (Å²) in [5, 5.41) is 5.33. The number of nitrogens with zero attached hydrogens (tertiary/aromatic N) is 1. The third-order valence-electron chi connectivity index (χ3n) is 6.46. The van der Waals surface area contributed by atoms with E-state index in [4.69, 9.17) is 18.9 Å². The summed E-state index contributed by atoms with van der Waals surface area (Å²) >= 11 is 0. The van der Waals surface area contributed by atoms with Gasteiger partial charge >= 0.3 is 0 Å². The van der Waals surface area contributed by atoms with Crippen LogP contribution >= 0.6 is 0 Å². The molecule has 4 rings (SSSR count). The minimum absolute atomic E-state index is 0.0774. The molecule has 0 spiro atoms. The highest BCUT2D eigenvalue weighted by atomic mass is 16.5. The molecule has 2 N–H and O–H groups in total. The SMILES string of the molecule is O=C1CCC(N2C(=O)c3cccc(NCCOCCOCCOCCCOCc4ccccc4)c3C2=O)C(=O)N1. The number of carbonyl (C=O) groups is 4. The van der Waals surface area contributed by atoms with E-state index in [1.165, 1.54) is 0 Å². The van der Waals surface area contributed by atoms with E-state index in [1.807, 2.05) is 30.3 Å². The van der Waals surface area contributed by atoms with Crippen molar-refractivity contribution in [1.82, 2.24) is 10.2 Å². The Kier molecular flexibility index (Phi) is 11.2. The molecule has 0 bridgehead atoms. The second-order valence-electron chi connectivity index (χ2n) is 9.33. The Morgan fingerprint density at radius 1 is 0.775 bits per heavy atom. The number of amides is 4. The van der Waals surface area contributed by atoms with E-state index < -0.39 is 29.7 Å². The van der Waals surface area contributed by atoms with E-state index in [0.717, 1.165) is 16.9 Å². The van der Waals surface area contributed by atoms with Gasteiger partial charge in [-0.05, 0) is 30.5 Å². The number of carbonyl (C=O) groups excluding carboxylic acids is 4. The highest BCUT2D eigenvalue weighted by molar-refractivity contribution is 6.25. The Morgan fingerprint density at radius 2 is 1.48 bits per heavy atom. The maximum atomic E-state index is 13.1. The van der Waals surface area contributed by atoms with Gasteiger partial charge in [0.05, 0.1) is 50.8 Å². The van der Waals surface area contributed by atoms with Crippen molar-refractivity contribution in [2.45, 2.75) is 31.9 Å². The van der Waals surface area contributed by atoms with Gasteiger partial charge in [-0.2, -0.15) is 0 Å². The second kappa shape index (κ2) is 15.2. The molecule has 2 heterocycles. The highest BCUT2D eigenvalue weighted by Crippen LogP contribution is 2.32. The first-order valence-corrected chi connectivity index (χ1v) is 13.5. The van der Waals surface area contributed by atoms with Gasteiger partial charge in [0.15, 0.2) is 0 Å². The van der Waals surface area contributed by atoms with E-state index in [-0.39, 0.29) is 24.0 Å². The van der Waals surface area contributed by atoms with Gasteiger partial charge in [0.2, 0.25) is 11.8 Å². The monoisotopic (exact) mass is 553 g/mol. The predicted octanol–water partition coefficient (Wildman–Crippen LogP) is 2.16.